The van der Waals surface area contributed by atoms with Crippen LogP contribution in [0.5, 0.6) is 0 Å². The van der Waals surface area contributed by atoms with Gasteiger partial charge in [0.1, 0.15) is 0 Å². The number of primary amides is 1. The van der Waals surface area contributed by atoms with E-state index in [4.69, 9.17) is 11.5 Å². The Balaban J connectivity index is 2.73. The van der Waals surface area contributed by atoms with Crippen LogP contribution < -0.4 is 16.4 Å². The molecule has 0 saturated heterocycles. The van der Waals surface area contributed by atoms with Gasteiger partial charge in [0.05, 0.1) is 11.9 Å². The van der Waals surface area contributed by atoms with Crippen LogP contribution >= 0.6 is 0 Å². The van der Waals surface area contributed by atoms with Gasteiger partial charge < -0.3 is 11.5 Å². The number of H-pyrrole nitrogens is 1. The first-order chi connectivity index (χ1) is 5.75. The highest BCUT2D eigenvalue weighted by Gasteiger charge is 2.11. The minimum absolute atomic E-state index is 0.369. The second-order valence-electron chi connectivity index (χ2n) is 2.24. The lowest BCUT2D eigenvalue weighted by Crippen LogP contribution is -2.39. The lowest BCUT2D eigenvalue weighted by Gasteiger charge is -2.16. The summed E-state index contributed by atoms with van der Waals surface area (Å²) in [5, 5.41) is 6.28. The molecule has 0 aliphatic carbocycles. The average Bonchev–Trinajstić information content (AvgIpc) is 2.51. The summed E-state index contributed by atoms with van der Waals surface area (Å²) in [6.07, 6.45) is 3.10. The summed E-state index contributed by atoms with van der Waals surface area (Å²) >= 11 is 0. The minimum Gasteiger partial charge on any atom is -0.351 e. The van der Waals surface area contributed by atoms with Crippen LogP contribution in [0.1, 0.15) is 0 Å². The van der Waals surface area contributed by atoms with Gasteiger partial charge in [0, 0.05) is 19.3 Å². The standard InChI is InChI=1S/C6H11N5O/c7-1-2-11(6(8)12)5-3-9-10-4-5/h3-4H,1-2,7H2,(H2,8,12)(H,9,10). The van der Waals surface area contributed by atoms with Crippen molar-refractivity contribution in [2.75, 3.05) is 18.0 Å². The van der Waals surface area contributed by atoms with Crippen molar-refractivity contribution in [3.8, 4) is 0 Å². The first kappa shape index (κ1) is 8.54. The van der Waals surface area contributed by atoms with Crippen LogP contribution in [0.15, 0.2) is 12.4 Å². The Bertz CT molecular complexity index is 244. The van der Waals surface area contributed by atoms with Crippen LogP contribution in [0.4, 0.5) is 10.5 Å². The summed E-state index contributed by atoms with van der Waals surface area (Å²) in [5.41, 5.74) is 11.0. The van der Waals surface area contributed by atoms with Crippen LogP contribution in [0.3, 0.4) is 0 Å². The van der Waals surface area contributed by atoms with Gasteiger partial charge in [-0.2, -0.15) is 5.10 Å². The highest BCUT2D eigenvalue weighted by atomic mass is 16.2. The highest BCUT2D eigenvalue weighted by Crippen LogP contribution is 2.08. The number of carbonyl (C=O) groups excluding carboxylic acids is 1. The van der Waals surface area contributed by atoms with Gasteiger partial charge in [0.2, 0.25) is 0 Å². The van der Waals surface area contributed by atoms with Gasteiger partial charge in [-0.05, 0) is 0 Å². The predicted molar refractivity (Wildman–Crippen MR) is 44.6 cm³/mol. The molecule has 6 heteroatoms. The van der Waals surface area contributed by atoms with Gasteiger partial charge in [0.25, 0.3) is 0 Å². The number of nitrogens with one attached hydrogen (secondary N) is 1. The molecule has 0 spiro atoms. The Labute approximate surface area is 69.5 Å². The number of nitrogens with two attached hydrogens (primary N) is 2. The van der Waals surface area contributed by atoms with Crippen molar-refractivity contribution in [2.24, 2.45) is 11.5 Å². The van der Waals surface area contributed by atoms with Crippen LogP contribution in [0, 0.1) is 0 Å². The summed E-state index contributed by atoms with van der Waals surface area (Å²) in [6.45, 7) is 0.767. The Morgan fingerprint density at radius 1 is 1.75 bits per heavy atom. The zero-order valence-electron chi connectivity index (χ0n) is 6.53. The Kier molecular flexibility index (Phi) is 2.65. The molecule has 2 amide bonds. The van der Waals surface area contributed by atoms with Crippen molar-refractivity contribution in [3.63, 3.8) is 0 Å². The molecule has 0 bridgehead atoms. The molecule has 12 heavy (non-hydrogen) atoms. The van der Waals surface area contributed by atoms with Crippen molar-refractivity contribution in [3.05, 3.63) is 12.4 Å². The van der Waals surface area contributed by atoms with Crippen molar-refractivity contribution >= 4 is 11.7 Å². The molecule has 0 unspecified atom stereocenters. The minimum atomic E-state index is -0.526. The molecule has 0 aliphatic rings. The maximum Gasteiger partial charge on any atom is 0.319 e. The van der Waals surface area contributed by atoms with E-state index in [1.165, 1.54) is 11.1 Å². The van der Waals surface area contributed by atoms with E-state index < -0.39 is 6.03 Å². The van der Waals surface area contributed by atoms with Gasteiger partial charge in [0.15, 0.2) is 0 Å². The molecular formula is C6H11N5O. The van der Waals surface area contributed by atoms with E-state index in [1.807, 2.05) is 0 Å². The first-order valence-electron chi connectivity index (χ1n) is 3.51. The lowest BCUT2D eigenvalue weighted by molar-refractivity contribution is 0.254. The molecule has 0 fully saturated rings. The molecular weight excluding hydrogens is 158 g/mol. The molecule has 0 aliphatic heterocycles. The third-order valence-corrected chi connectivity index (χ3v) is 1.41. The average molecular weight is 169 g/mol. The normalized spacial score (nSPS) is 9.75. The van der Waals surface area contributed by atoms with Gasteiger partial charge in [-0.15, -0.1) is 0 Å². The largest absolute Gasteiger partial charge is 0.351 e. The number of aromatic nitrogens is 2. The number of urea groups is 1. The molecule has 0 saturated carbocycles. The van der Waals surface area contributed by atoms with E-state index in [1.54, 1.807) is 6.20 Å². The molecule has 1 heterocycles. The zero-order valence-corrected chi connectivity index (χ0v) is 6.53. The van der Waals surface area contributed by atoms with E-state index in [-0.39, 0.29) is 0 Å². The quantitative estimate of drug-likeness (QED) is 0.555. The van der Waals surface area contributed by atoms with Crippen molar-refractivity contribution in [1.29, 1.82) is 0 Å². The Morgan fingerprint density at radius 2 is 2.50 bits per heavy atom. The number of anilines is 1. The Morgan fingerprint density at radius 3 is 2.92 bits per heavy atom. The zero-order chi connectivity index (χ0) is 8.97. The fourth-order valence-electron chi connectivity index (χ4n) is 0.887. The van der Waals surface area contributed by atoms with E-state index in [0.717, 1.165) is 0 Å². The van der Waals surface area contributed by atoms with Gasteiger partial charge in [-0.3, -0.25) is 10.00 Å². The molecule has 66 valence electrons. The molecule has 1 rings (SSSR count). The second kappa shape index (κ2) is 3.72. The number of aromatic amines is 1. The number of hydrogen-bond donors (Lipinski definition) is 3. The number of rotatable bonds is 3. The third-order valence-electron chi connectivity index (χ3n) is 1.41. The summed E-state index contributed by atoms with van der Waals surface area (Å²) in [7, 11) is 0. The molecule has 1 aromatic heterocycles. The first-order valence-corrected chi connectivity index (χ1v) is 3.51. The molecule has 1 aromatic rings. The summed E-state index contributed by atoms with van der Waals surface area (Å²) < 4.78 is 0. The number of hydrogen-bond acceptors (Lipinski definition) is 3. The lowest BCUT2D eigenvalue weighted by atomic mass is 10.4. The third kappa shape index (κ3) is 1.73. The SMILES string of the molecule is NCCN(C(N)=O)c1cn[nH]c1. The maximum atomic E-state index is 10.8. The monoisotopic (exact) mass is 169 g/mol. The van der Waals surface area contributed by atoms with Crippen molar-refractivity contribution in [2.45, 2.75) is 0 Å². The summed E-state index contributed by atoms with van der Waals surface area (Å²) in [6, 6.07) is -0.526. The topological polar surface area (TPSA) is 101 Å². The summed E-state index contributed by atoms with van der Waals surface area (Å²) in [5.74, 6) is 0. The van der Waals surface area contributed by atoms with Gasteiger partial charge >= 0.3 is 6.03 Å². The predicted octanol–water partition coefficient (Wildman–Crippen LogP) is -0.747. The molecule has 0 radical (unpaired) electrons. The van der Waals surface area contributed by atoms with E-state index >= 15 is 0 Å². The van der Waals surface area contributed by atoms with E-state index in [2.05, 4.69) is 10.2 Å². The molecule has 6 nitrogen and oxygen atoms in total. The van der Waals surface area contributed by atoms with Crippen LogP contribution in [0.25, 0.3) is 0 Å². The van der Waals surface area contributed by atoms with Crippen molar-refractivity contribution in [1.82, 2.24) is 10.2 Å². The summed E-state index contributed by atoms with van der Waals surface area (Å²) in [4.78, 5) is 12.2. The number of nitrogens with zero attached hydrogens (tertiary/aromatic N) is 2. The molecule has 0 aromatic carbocycles. The fraction of sp³-hybridized carbons (Fsp3) is 0.333. The Hall–Kier alpha value is -1.56. The van der Waals surface area contributed by atoms with Crippen molar-refractivity contribution < 1.29 is 4.79 Å². The van der Waals surface area contributed by atoms with Gasteiger partial charge in [-0.1, -0.05) is 0 Å². The van der Waals surface area contributed by atoms with Crippen LogP contribution in [0.2, 0.25) is 0 Å². The molecule has 0 atom stereocenters. The number of carbonyl (C=O) groups is 1. The molecule has 5 N–H and O–H groups in total. The van der Waals surface area contributed by atoms with E-state index in [9.17, 15) is 4.79 Å². The van der Waals surface area contributed by atoms with Gasteiger partial charge in [-0.25, -0.2) is 4.79 Å². The second-order valence-corrected chi connectivity index (χ2v) is 2.24. The van der Waals surface area contributed by atoms with Crippen LogP contribution in [-0.2, 0) is 0 Å². The van der Waals surface area contributed by atoms with Crippen LogP contribution in [-0.4, -0.2) is 29.3 Å². The van der Waals surface area contributed by atoms with E-state index in [0.29, 0.717) is 18.8 Å². The highest BCUT2D eigenvalue weighted by molar-refractivity contribution is 5.90. The fourth-order valence-corrected chi connectivity index (χ4v) is 0.887. The number of amides is 2. The smallest absolute Gasteiger partial charge is 0.319 e. The maximum absolute atomic E-state index is 10.8.